The number of hydrogen-bond donors (Lipinski definition) is 2. The highest BCUT2D eigenvalue weighted by Crippen LogP contribution is 2.45. The van der Waals surface area contributed by atoms with Crippen LogP contribution in [-0.4, -0.2) is 20.6 Å². The zero-order valence-electron chi connectivity index (χ0n) is 23.6. The van der Waals surface area contributed by atoms with Gasteiger partial charge in [-0.25, -0.2) is 0 Å². The molecule has 8 heteroatoms. The molecular weight excluding hydrogens is 538 g/mol. The van der Waals surface area contributed by atoms with E-state index in [2.05, 4.69) is 72.1 Å². The molecule has 2 atom stereocenters. The van der Waals surface area contributed by atoms with Gasteiger partial charge in [-0.1, -0.05) is 43.6 Å². The van der Waals surface area contributed by atoms with E-state index in [1.165, 1.54) is 16.8 Å². The Kier molecular flexibility index (Phi) is 7.71. The van der Waals surface area contributed by atoms with Gasteiger partial charge in [0.25, 0.3) is 0 Å². The summed E-state index contributed by atoms with van der Waals surface area (Å²) in [6, 6.07) is 19.9. The molecule has 1 aliphatic rings. The molecule has 206 valence electrons. The first-order valence-corrected chi connectivity index (χ1v) is 14.2. The first-order chi connectivity index (χ1) is 19.1. The molecule has 2 aromatic heterocycles. The summed E-state index contributed by atoms with van der Waals surface area (Å²) in [6.07, 6.45) is 1.81. The molecule has 0 unspecified atom stereocenters. The Morgan fingerprint density at radius 2 is 1.82 bits per heavy atom. The number of carbonyl (C=O) groups excluding carboxylic acids is 1. The minimum Gasteiger partial charge on any atom is -0.351 e. The van der Waals surface area contributed by atoms with Crippen LogP contribution in [0.2, 0.25) is 5.02 Å². The number of halogens is 1. The number of amides is 1. The number of rotatable bonds is 6. The van der Waals surface area contributed by atoms with Gasteiger partial charge in [0.05, 0.1) is 28.5 Å². The highest BCUT2D eigenvalue weighted by Gasteiger charge is 2.42. The van der Waals surface area contributed by atoms with Gasteiger partial charge in [0, 0.05) is 34.9 Å². The number of aromatic nitrogens is 2. The molecule has 0 radical (unpaired) electrons. The Balaban J connectivity index is 1.64. The quantitative estimate of drug-likeness (QED) is 0.234. The summed E-state index contributed by atoms with van der Waals surface area (Å²) >= 11 is 12.6. The number of nitrogens with zero attached hydrogens (tertiary/aromatic N) is 3. The average molecular weight is 572 g/mol. The van der Waals surface area contributed by atoms with Crippen LogP contribution in [0.3, 0.4) is 0 Å². The second-order valence-electron chi connectivity index (χ2n) is 10.7. The first-order valence-electron chi connectivity index (χ1n) is 13.4. The Labute approximate surface area is 246 Å². The monoisotopic (exact) mass is 571 g/mol. The summed E-state index contributed by atoms with van der Waals surface area (Å²) in [5.74, 6) is -0.234. The van der Waals surface area contributed by atoms with E-state index in [9.17, 15) is 4.79 Å². The van der Waals surface area contributed by atoms with Crippen molar-refractivity contribution in [2.45, 2.75) is 53.6 Å². The number of carbonyl (C=O) groups is 1. The molecule has 0 saturated carbocycles. The minimum atomic E-state index is -0.181. The van der Waals surface area contributed by atoms with Gasteiger partial charge in [0.15, 0.2) is 5.11 Å². The molecular formula is C32H34ClN5OS. The summed E-state index contributed by atoms with van der Waals surface area (Å²) < 4.78 is 2.32. The summed E-state index contributed by atoms with van der Waals surface area (Å²) in [5, 5.41) is 7.49. The molecule has 0 spiro atoms. The fourth-order valence-electron chi connectivity index (χ4n) is 5.42. The normalized spacial score (nSPS) is 16.9. The molecule has 0 aliphatic carbocycles. The van der Waals surface area contributed by atoms with Crippen molar-refractivity contribution >= 4 is 46.2 Å². The first kappa shape index (κ1) is 27.9. The number of aryl methyl sites for hydroxylation is 2. The van der Waals surface area contributed by atoms with Crippen LogP contribution in [0.15, 0.2) is 66.9 Å². The fourth-order valence-corrected chi connectivity index (χ4v) is 5.98. The zero-order valence-corrected chi connectivity index (χ0v) is 25.2. The Morgan fingerprint density at radius 3 is 2.50 bits per heavy atom. The molecule has 40 heavy (non-hydrogen) atoms. The lowest BCUT2D eigenvalue weighted by Crippen LogP contribution is -2.29. The number of thiocarbonyl (C=S) groups is 1. The molecule has 4 aromatic rings. The molecule has 6 nitrogen and oxygen atoms in total. The van der Waals surface area contributed by atoms with Crippen LogP contribution < -0.4 is 15.5 Å². The lowest BCUT2D eigenvalue weighted by atomic mass is 9.96. The number of anilines is 2. The van der Waals surface area contributed by atoms with E-state index in [4.69, 9.17) is 28.8 Å². The van der Waals surface area contributed by atoms with Crippen LogP contribution in [0, 0.1) is 33.6 Å². The third-order valence-corrected chi connectivity index (χ3v) is 8.34. The van der Waals surface area contributed by atoms with Crippen molar-refractivity contribution in [3.05, 3.63) is 106 Å². The second-order valence-corrected chi connectivity index (χ2v) is 11.5. The Bertz CT molecular complexity index is 1600. The van der Waals surface area contributed by atoms with Crippen LogP contribution in [0.25, 0.3) is 5.69 Å². The summed E-state index contributed by atoms with van der Waals surface area (Å²) in [4.78, 5) is 19.1. The summed E-state index contributed by atoms with van der Waals surface area (Å²) in [7, 11) is 0. The van der Waals surface area contributed by atoms with E-state index in [0.717, 1.165) is 28.3 Å². The van der Waals surface area contributed by atoms with E-state index < -0.39 is 0 Å². The maximum atomic E-state index is 12.3. The van der Waals surface area contributed by atoms with Crippen molar-refractivity contribution in [3.8, 4) is 5.69 Å². The van der Waals surface area contributed by atoms with Gasteiger partial charge in [0.2, 0.25) is 5.91 Å². The molecule has 2 N–H and O–H groups in total. The summed E-state index contributed by atoms with van der Waals surface area (Å²) in [6.45, 7) is 12.3. The van der Waals surface area contributed by atoms with Crippen LogP contribution in [-0.2, 0) is 4.79 Å². The van der Waals surface area contributed by atoms with Gasteiger partial charge in [-0.2, -0.15) is 0 Å². The predicted molar refractivity (Wildman–Crippen MR) is 168 cm³/mol. The van der Waals surface area contributed by atoms with Crippen molar-refractivity contribution in [1.29, 1.82) is 0 Å². The number of nitrogens with one attached hydrogen (secondary N) is 2. The van der Waals surface area contributed by atoms with Gasteiger partial charge in [-0.05, 0) is 99.1 Å². The van der Waals surface area contributed by atoms with Crippen molar-refractivity contribution in [2.24, 2.45) is 5.92 Å². The molecule has 0 bridgehead atoms. The maximum Gasteiger partial charge on any atom is 0.226 e. The van der Waals surface area contributed by atoms with Gasteiger partial charge < -0.3 is 20.1 Å². The predicted octanol–water partition coefficient (Wildman–Crippen LogP) is 7.53. The third kappa shape index (κ3) is 5.00. The lowest BCUT2D eigenvalue weighted by molar-refractivity contribution is -0.118. The van der Waals surface area contributed by atoms with E-state index in [1.807, 2.05) is 56.4 Å². The SMILES string of the molecule is Cc1cccc(-n2c(C)cc([C@H]3[C@@H](c4ccccn4)NC(=S)N3c3ccc(NC(=O)C(C)C)c(Cl)c3)c2C)c1C. The van der Waals surface area contributed by atoms with E-state index in [1.54, 1.807) is 0 Å². The fraction of sp³-hybridized carbons (Fsp3) is 0.281. The average Bonchev–Trinajstić information content (AvgIpc) is 3.42. The van der Waals surface area contributed by atoms with Crippen molar-refractivity contribution < 1.29 is 4.79 Å². The Hall–Kier alpha value is -3.68. The van der Waals surface area contributed by atoms with Crippen molar-refractivity contribution in [2.75, 3.05) is 10.2 Å². The van der Waals surface area contributed by atoms with Crippen molar-refractivity contribution in [1.82, 2.24) is 14.9 Å². The van der Waals surface area contributed by atoms with Crippen molar-refractivity contribution in [3.63, 3.8) is 0 Å². The van der Waals surface area contributed by atoms with Crippen LogP contribution in [0.5, 0.6) is 0 Å². The van der Waals surface area contributed by atoms with Gasteiger partial charge in [0.1, 0.15) is 0 Å². The lowest BCUT2D eigenvalue weighted by Gasteiger charge is -2.28. The molecule has 1 aliphatic heterocycles. The van der Waals surface area contributed by atoms with Gasteiger partial charge in [-0.15, -0.1) is 0 Å². The standard InChI is InChI=1S/C32H34ClN5OS/c1-18(2)31(39)35-26-14-13-23(17-25(26)33)38-30(29(36-32(38)40)27-11-7-8-15-34-27)24-16-20(4)37(22(24)6)28-12-9-10-19(3)21(28)5/h7-18,29-30H,1-6H3,(H,35,39)(H,36,40)/t29-,30+/m1/s1. The minimum absolute atomic E-state index is 0.0833. The topological polar surface area (TPSA) is 62.2 Å². The molecule has 1 saturated heterocycles. The molecule has 1 amide bonds. The van der Waals surface area contributed by atoms with E-state index >= 15 is 0 Å². The van der Waals surface area contributed by atoms with E-state index in [0.29, 0.717) is 15.8 Å². The van der Waals surface area contributed by atoms with Gasteiger partial charge in [-0.3, -0.25) is 9.78 Å². The molecule has 1 fully saturated rings. The largest absolute Gasteiger partial charge is 0.351 e. The van der Waals surface area contributed by atoms with Crippen LogP contribution in [0.1, 0.15) is 59.7 Å². The number of benzene rings is 2. The maximum absolute atomic E-state index is 12.3. The molecule has 5 rings (SSSR count). The third-order valence-electron chi connectivity index (χ3n) is 7.72. The second kappa shape index (κ2) is 11.1. The zero-order chi connectivity index (χ0) is 28.7. The molecule has 3 heterocycles. The summed E-state index contributed by atoms with van der Waals surface area (Å²) in [5.41, 5.74) is 9.42. The number of hydrogen-bond acceptors (Lipinski definition) is 3. The number of pyridine rings is 1. The van der Waals surface area contributed by atoms with Crippen LogP contribution >= 0.6 is 23.8 Å². The highest BCUT2D eigenvalue weighted by atomic mass is 35.5. The van der Waals surface area contributed by atoms with Gasteiger partial charge >= 0.3 is 0 Å². The molecule has 2 aromatic carbocycles. The highest BCUT2D eigenvalue weighted by molar-refractivity contribution is 7.80. The Morgan fingerprint density at radius 1 is 1.05 bits per heavy atom. The van der Waals surface area contributed by atoms with E-state index in [-0.39, 0.29) is 23.9 Å². The van der Waals surface area contributed by atoms with Crippen LogP contribution in [0.4, 0.5) is 11.4 Å². The smallest absolute Gasteiger partial charge is 0.226 e.